The summed E-state index contributed by atoms with van der Waals surface area (Å²) in [7, 11) is 0. The highest BCUT2D eigenvalue weighted by Gasteiger charge is 2.32. The van der Waals surface area contributed by atoms with Gasteiger partial charge in [-0.15, -0.1) is 0 Å². The Morgan fingerprint density at radius 3 is 2.41 bits per heavy atom. The molecule has 0 unspecified atom stereocenters. The van der Waals surface area contributed by atoms with Crippen LogP contribution in [0.15, 0.2) is 30.3 Å². The molecule has 1 N–H and O–H groups in total. The number of halogens is 3. The molecule has 1 saturated heterocycles. The molecule has 2 heterocycles. The lowest BCUT2D eigenvalue weighted by molar-refractivity contribution is -0.148. The molecule has 2 aromatic rings. The topological polar surface area (TPSA) is 33.1 Å². The molecule has 0 atom stereocenters. The molecule has 0 amide bonds. The van der Waals surface area contributed by atoms with Crippen LogP contribution in [0.3, 0.4) is 0 Å². The van der Waals surface area contributed by atoms with E-state index in [1.807, 2.05) is 29.8 Å². The van der Waals surface area contributed by atoms with Gasteiger partial charge in [-0.3, -0.25) is 9.58 Å². The zero-order valence-corrected chi connectivity index (χ0v) is 15.9. The van der Waals surface area contributed by atoms with Gasteiger partial charge in [0.05, 0.1) is 18.8 Å². The summed E-state index contributed by atoms with van der Waals surface area (Å²) in [5.74, 6) is 0. The predicted molar refractivity (Wildman–Crippen MR) is 99.6 cm³/mol. The molecular weight excluding hydrogens is 353 g/mol. The van der Waals surface area contributed by atoms with Crippen molar-refractivity contribution in [2.45, 2.75) is 52.0 Å². The third-order valence-corrected chi connectivity index (χ3v) is 5.26. The van der Waals surface area contributed by atoms with Gasteiger partial charge in [-0.05, 0) is 45.3 Å². The summed E-state index contributed by atoms with van der Waals surface area (Å²) in [5.41, 5.74) is 4.53. The highest BCUT2D eigenvalue weighted by atomic mass is 19.4. The van der Waals surface area contributed by atoms with Crippen LogP contribution in [0.2, 0.25) is 0 Å². The van der Waals surface area contributed by atoms with E-state index in [0.29, 0.717) is 19.6 Å². The zero-order valence-electron chi connectivity index (χ0n) is 15.9. The maximum absolute atomic E-state index is 12.5. The monoisotopic (exact) mass is 380 g/mol. The first-order chi connectivity index (χ1) is 12.8. The van der Waals surface area contributed by atoms with Crippen molar-refractivity contribution in [2.24, 2.45) is 0 Å². The molecule has 1 aromatic heterocycles. The molecule has 0 spiro atoms. The fourth-order valence-corrected chi connectivity index (χ4v) is 3.70. The average molecular weight is 380 g/mol. The van der Waals surface area contributed by atoms with Gasteiger partial charge < -0.3 is 5.32 Å². The van der Waals surface area contributed by atoms with Crippen molar-refractivity contribution in [3.8, 4) is 0 Å². The van der Waals surface area contributed by atoms with Crippen LogP contribution in [-0.2, 0) is 13.1 Å². The fraction of sp³-hybridized carbons (Fsp3) is 0.550. The molecule has 0 aliphatic carbocycles. The van der Waals surface area contributed by atoms with Crippen LogP contribution in [0.1, 0.15) is 35.4 Å². The first kappa shape index (κ1) is 19.9. The molecule has 27 heavy (non-hydrogen) atoms. The maximum atomic E-state index is 12.5. The van der Waals surface area contributed by atoms with Gasteiger partial charge in [-0.2, -0.15) is 18.3 Å². The SMILES string of the molecule is Cc1nn(Cc2ccccc2)c(C)c1CNC1CCN(CC(F)(F)F)CC1. The van der Waals surface area contributed by atoms with Crippen LogP contribution in [-0.4, -0.2) is 46.5 Å². The van der Waals surface area contributed by atoms with Gasteiger partial charge in [0.2, 0.25) is 0 Å². The number of rotatable bonds is 6. The molecule has 1 aliphatic heterocycles. The van der Waals surface area contributed by atoms with E-state index in [4.69, 9.17) is 0 Å². The van der Waals surface area contributed by atoms with Crippen LogP contribution < -0.4 is 5.32 Å². The Morgan fingerprint density at radius 1 is 1.11 bits per heavy atom. The standard InChI is InChI=1S/C20H27F3N4/c1-15-19(16(2)27(25-15)13-17-6-4-3-5-7-17)12-24-18-8-10-26(11-9-18)14-20(21,22)23/h3-7,18,24H,8-14H2,1-2H3. The van der Waals surface area contributed by atoms with E-state index in [0.717, 1.165) is 30.8 Å². The van der Waals surface area contributed by atoms with Crippen molar-refractivity contribution >= 4 is 0 Å². The molecule has 1 fully saturated rings. The van der Waals surface area contributed by atoms with E-state index in [1.54, 1.807) is 0 Å². The summed E-state index contributed by atoms with van der Waals surface area (Å²) in [6, 6.07) is 10.5. The third-order valence-electron chi connectivity index (χ3n) is 5.26. The summed E-state index contributed by atoms with van der Waals surface area (Å²) < 4.78 is 39.5. The minimum absolute atomic E-state index is 0.255. The number of hydrogen-bond donors (Lipinski definition) is 1. The largest absolute Gasteiger partial charge is 0.401 e. The first-order valence-corrected chi connectivity index (χ1v) is 9.41. The number of hydrogen-bond acceptors (Lipinski definition) is 3. The van der Waals surface area contributed by atoms with Crippen LogP contribution in [0, 0.1) is 13.8 Å². The highest BCUT2D eigenvalue weighted by molar-refractivity contribution is 5.26. The van der Waals surface area contributed by atoms with Gasteiger partial charge in [-0.1, -0.05) is 30.3 Å². The van der Waals surface area contributed by atoms with Crippen LogP contribution in [0.5, 0.6) is 0 Å². The number of alkyl halides is 3. The lowest BCUT2D eigenvalue weighted by Crippen LogP contribution is -2.45. The minimum Gasteiger partial charge on any atom is -0.310 e. The second kappa shape index (κ2) is 8.44. The molecular formula is C20H27F3N4. The summed E-state index contributed by atoms with van der Waals surface area (Å²) >= 11 is 0. The molecule has 1 aliphatic rings. The molecule has 1 aromatic carbocycles. The lowest BCUT2D eigenvalue weighted by Gasteiger charge is -2.32. The molecule has 4 nitrogen and oxygen atoms in total. The molecule has 0 bridgehead atoms. The molecule has 0 radical (unpaired) electrons. The van der Waals surface area contributed by atoms with E-state index >= 15 is 0 Å². The average Bonchev–Trinajstić information content (AvgIpc) is 2.87. The zero-order chi connectivity index (χ0) is 19.4. The number of benzene rings is 1. The molecule has 7 heteroatoms. The Labute approximate surface area is 158 Å². The van der Waals surface area contributed by atoms with Gasteiger partial charge in [0.1, 0.15) is 0 Å². The van der Waals surface area contributed by atoms with Gasteiger partial charge in [0, 0.05) is 23.8 Å². The second-order valence-electron chi connectivity index (χ2n) is 7.34. The summed E-state index contributed by atoms with van der Waals surface area (Å²) in [4.78, 5) is 1.49. The Balaban J connectivity index is 1.53. The van der Waals surface area contributed by atoms with Crippen molar-refractivity contribution < 1.29 is 13.2 Å². The van der Waals surface area contributed by atoms with Crippen LogP contribution in [0.25, 0.3) is 0 Å². The van der Waals surface area contributed by atoms with E-state index in [2.05, 4.69) is 29.5 Å². The van der Waals surface area contributed by atoms with Gasteiger partial charge in [-0.25, -0.2) is 0 Å². The Bertz CT molecular complexity index is 732. The van der Waals surface area contributed by atoms with Crippen molar-refractivity contribution in [1.82, 2.24) is 20.0 Å². The first-order valence-electron chi connectivity index (χ1n) is 9.41. The number of aromatic nitrogens is 2. The second-order valence-corrected chi connectivity index (χ2v) is 7.34. The van der Waals surface area contributed by atoms with Crippen molar-refractivity contribution in [3.05, 3.63) is 52.8 Å². The van der Waals surface area contributed by atoms with Gasteiger partial charge in [0.15, 0.2) is 0 Å². The van der Waals surface area contributed by atoms with Crippen LogP contribution in [0.4, 0.5) is 13.2 Å². The third kappa shape index (κ3) is 5.56. The number of aryl methyl sites for hydroxylation is 1. The fourth-order valence-electron chi connectivity index (χ4n) is 3.70. The molecule has 3 rings (SSSR count). The lowest BCUT2D eigenvalue weighted by atomic mass is 10.0. The Hall–Kier alpha value is -1.86. The molecule has 148 valence electrons. The van der Waals surface area contributed by atoms with Gasteiger partial charge in [0.25, 0.3) is 0 Å². The van der Waals surface area contributed by atoms with E-state index < -0.39 is 12.7 Å². The van der Waals surface area contributed by atoms with Crippen molar-refractivity contribution in [1.29, 1.82) is 0 Å². The van der Waals surface area contributed by atoms with Crippen LogP contribution >= 0.6 is 0 Å². The van der Waals surface area contributed by atoms with Crippen molar-refractivity contribution in [2.75, 3.05) is 19.6 Å². The highest BCUT2D eigenvalue weighted by Crippen LogP contribution is 2.21. The van der Waals surface area contributed by atoms with E-state index in [1.165, 1.54) is 16.0 Å². The summed E-state index contributed by atoms with van der Waals surface area (Å²) in [5, 5.41) is 8.18. The maximum Gasteiger partial charge on any atom is 0.401 e. The van der Waals surface area contributed by atoms with E-state index in [-0.39, 0.29) is 6.04 Å². The quantitative estimate of drug-likeness (QED) is 0.830. The van der Waals surface area contributed by atoms with E-state index in [9.17, 15) is 13.2 Å². The Kier molecular flexibility index (Phi) is 6.22. The van der Waals surface area contributed by atoms with Gasteiger partial charge >= 0.3 is 6.18 Å². The number of nitrogens with one attached hydrogen (secondary N) is 1. The number of likely N-dealkylation sites (tertiary alicyclic amines) is 1. The van der Waals surface area contributed by atoms with Crippen molar-refractivity contribution in [3.63, 3.8) is 0 Å². The normalized spacial score (nSPS) is 16.8. The summed E-state index contributed by atoms with van der Waals surface area (Å²) in [6.45, 7) is 5.71. The smallest absolute Gasteiger partial charge is 0.310 e. The number of nitrogens with zero attached hydrogens (tertiary/aromatic N) is 3. The minimum atomic E-state index is -4.11. The Morgan fingerprint density at radius 2 is 1.78 bits per heavy atom. The number of piperidine rings is 1. The summed E-state index contributed by atoms with van der Waals surface area (Å²) in [6.07, 6.45) is -2.62. The predicted octanol–water partition coefficient (Wildman–Crippen LogP) is 3.66. The molecule has 0 saturated carbocycles.